The second-order valence-corrected chi connectivity index (χ2v) is 10.7. The highest BCUT2D eigenvalue weighted by Crippen LogP contribution is 2.42. The van der Waals surface area contributed by atoms with Gasteiger partial charge >= 0.3 is 0 Å². The van der Waals surface area contributed by atoms with Crippen LogP contribution in [0.1, 0.15) is 49.0 Å². The lowest BCUT2D eigenvalue weighted by atomic mass is 9.91. The number of benzene rings is 2. The Labute approximate surface area is 199 Å². The van der Waals surface area contributed by atoms with Crippen molar-refractivity contribution in [3.63, 3.8) is 0 Å². The first-order chi connectivity index (χ1) is 16.1. The highest BCUT2D eigenvalue weighted by Gasteiger charge is 2.47. The molecule has 7 nitrogen and oxygen atoms in total. The van der Waals surface area contributed by atoms with E-state index in [-0.39, 0.29) is 25.3 Å². The van der Waals surface area contributed by atoms with Crippen LogP contribution in [0.2, 0.25) is 0 Å². The first-order valence-electron chi connectivity index (χ1n) is 11.1. The summed E-state index contributed by atoms with van der Waals surface area (Å²) in [6.45, 7) is 3.25. The van der Waals surface area contributed by atoms with E-state index in [9.17, 15) is 17.9 Å². The van der Waals surface area contributed by atoms with Crippen LogP contribution in [-0.4, -0.2) is 41.4 Å². The van der Waals surface area contributed by atoms with Crippen molar-refractivity contribution in [2.75, 3.05) is 6.61 Å². The average molecular weight is 486 g/mol. The van der Waals surface area contributed by atoms with Crippen molar-refractivity contribution in [2.24, 2.45) is 11.4 Å². The Bertz CT molecular complexity index is 1300. The highest BCUT2D eigenvalue weighted by atomic mass is 32.2. The molecule has 0 fully saturated rings. The van der Waals surface area contributed by atoms with Crippen molar-refractivity contribution >= 4 is 15.9 Å². The number of hydrogen-bond donors (Lipinski definition) is 1. The Morgan fingerprint density at radius 3 is 2.44 bits per heavy atom. The molecule has 180 valence electrons. The molecule has 9 heteroatoms. The van der Waals surface area contributed by atoms with Crippen molar-refractivity contribution in [3.05, 3.63) is 77.7 Å². The fourth-order valence-electron chi connectivity index (χ4n) is 4.61. The molecule has 2 atom stereocenters. The number of halogens is 1. The zero-order chi connectivity index (χ0) is 24.5. The first-order valence-corrected chi connectivity index (χ1v) is 12.6. The largest absolute Gasteiger partial charge is 0.472 e. The summed E-state index contributed by atoms with van der Waals surface area (Å²) in [6.07, 6.45) is 2.02. The third-order valence-electron chi connectivity index (χ3n) is 6.11. The number of ether oxygens (including phenoxy) is 1. The maximum atomic E-state index is 14.4. The number of aryl methyl sites for hydroxylation is 1. The van der Waals surface area contributed by atoms with Crippen molar-refractivity contribution in [1.82, 2.24) is 9.78 Å². The second kappa shape index (κ2) is 9.31. The summed E-state index contributed by atoms with van der Waals surface area (Å²) in [5, 5.41) is 12.7. The van der Waals surface area contributed by atoms with E-state index in [0.29, 0.717) is 11.1 Å². The molecule has 4 rings (SSSR count). The van der Waals surface area contributed by atoms with Crippen LogP contribution >= 0.6 is 0 Å². The molecule has 0 saturated carbocycles. The lowest BCUT2D eigenvalue weighted by molar-refractivity contribution is 0.0797. The van der Waals surface area contributed by atoms with E-state index in [1.54, 1.807) is 55.1 Å². The van der Waals surface area contributed by atoms with Gasteiger partial charge in [0.15, 0.2) is 0 Å². The summed E-state index contributed by atoms with van der Waals surface area (Å²) in [4.78, 5) is 0. The van der Waals surface area contributed by atoms with Crippen LogP contribution in [0.3, 0.4) is 0 Å². The molecule has 2 aromatic carbocycles. The summed E-state index contributed by atoms with van der Waals surface area (Å²) in [5.41, 5.74) is 1.68. The monoisotopic (exact) mass is 485 g/mol. The van der Waals surface area contributed by atoms with Gasteiger partial charge in [0, 0.05) is 26.3 Å². The number of aliphatic hydroxyl groups excluding tert-OH is 1. The van der Waals surface area contributed by atoms with Gasteiger partial charge < -0.3 is 9.84 Å². The molecule has 2 heterocycles. The summed E-state index contributed by atoms with van der Waals surface area (Å²) in [7, 11) is -2.13. The fourth-order valence-corrected chi connectivity index (χ4v) is 6.37. The second-order valence-electron chi connectivity index (χ2n) is 8.98. The van der Waals surface area contributed by atoms with Gasteiger partial charge in [-0.15, -0.1) is 4.40 Å². The van der Waals surface area contributed by atoms with Crippen molar-refractivity contribution in [3.8, 4) is 11.3 Å². The topological polar surface area (TPSA) is 93.8 Å². The van der Waals surface area contributed by atoms with E-state index in [2.05, 4.69) is 9.50 Å². The van der Waals surface area contributed by atoms with E-state index >= 15 is 0 Å². The predicted molar refractivity (Wildman–Crippen MR) is 128 cm³/mol. The first kappa shape index (κ1) is 24.1. The van der Waals surface area contributed by atoms with Crippen LogP contribution in [0.4, 0.5) is 4.39 Å². The third kappa shape index (κ3) is 4.76. The molecular formula is C25H28FN3O4S. The Balaban J connectivity index is 1.64. The summed E-state index contributed by atoms with van der Waals surface area (Å²) >= 11 is 0. The lowest BCUT2D eigenvalue weighted by Gasteiger charge is -2.38. The van der Waals surface area contributed by atoms with Gasteiger partial charge in [-0.3, -0.25) is 4.68 Å². The van der Waals surface area contributed by atoms with E-state index in [1.165, 1.54) is 6.07 Å². The molecule has 1 N–H and O–H groups in total. The predicted octanol–water partition coefficient (Wildman–Crippen LogP) is 4.36. The van der Waals surface area contributed by atoms with E-state index in [0.717, 1.165) is 11.3 Å². The molecule has 3 aromatic rings. The van der Waals surface area contributed by atoms with Gasteiger partial charge in [-0.25, -0.2) is 12.8 Å². The number of sulfonamides is 1. The lowest BCUT2D eigenvalue weighted by Crippen LogP contribution is -2.43. The molecule has 0 saturated heterocycles. The standard InChI is InChI=1S/C25H28FN3O4S/c1-25(2)24(18-10-8-17(9-11-18)22-12-14-27-29(22)3)34(31,32)28-23(33-25)16-19(13-15-30)20-6-4-5-7-21(20)26/h4-12,14,19,24,30H,13,15-16H2,1-3H3/t19-,24?/m1/s1. The normalized spacial score (nSPS) is 19.8. The smallest absolute Gasteiger partial charge is 0.267 e. The molecule has 1 aliphatic heterocycles. The Hall–Kier alpha value is -3.04. The molecule has 1 aromatic heterocycles. The van der Waals surface area contributed by atoms with Gasteiger partial charge in [-0.1, -0.05) is 42.5 Å². The van der Waals surface area contributed by atoms with Gasteiger partial charge in [0.25, 0.3) is 10.0 Å². The van der Waals surface area contributed by atoms with E-state index in [4.69, 9.17) is 4.74 Å². The third-order valence-corrected chi connectivity index (χ3v) is 8.01. The van der Waals surface area contributed by atoms with Crippen LogP contribution in [0.15, 0.2) is 65.2 Å². The molecular weight excluding hydrogens is 457 g/mol. The molecule has 0 aliphatic carbocycles. The number of rotatable bonds is 7. The van der Waals surface area contributed by atoms with Crippen LogP contribution in [-0.2, 0) is 21.8 Å². The molecule has 1 unspecified atom stereocenters. The van der Waals surface area contributed by atoms with Crippen LogP contribution in [0.5, 0.6) is 0 Å². The average Bonchev–Trinajstić information content (AvgIpc) is 3.18. The minimum absolute atomic E-state index is 0.0226. The van der Waals surface area contributed by atoms with E-state index < -0.39 is 32.6 Å². The Morgan fingerprint density at radius 2 is 1.85 bits per heavy atom. The Morgan fingerprint density at radius 1 is 1.15 bits per heavy atom. The number of nitrogens with zero attached hydrogens (tertiary/aromatic N) is 3. The molecule has 34 heavy (non-hydrogen) atoms. The molecule has 0 bridgehead atoms. The quantitative estimate of drug-likeness (QED) is 0.537. The van der Waals surface area contributed by atoms with Crippen molar-refractivity contribution in [1.29, 1.82) is 0 Å². The van der Waals surface area contributed by atoms with Crippen LogP contribution < -0.4 is 0 Å². The van der Waals surface area contributed by atoms with Gasteiger partial charge in [0.05, 0.1) is 5.69 Å². The van der Waals surface area contributed by atoms with Gasteiger partial charge in [0.2, 0.25) is 5.90 Å². The van der Waals surface area contributed by atoms with Crippen LogP contribution in [0.25, 0.3) is 11.3 Å². The SMILES string of the molecule is Cn1nccc1-c1ccc(C2C(C)(C)OC(C[C@@H](CCO)c3ccccc3F)=NS2(=O)=O)cc1. The molecule has 0 spiro atoms. The highest BCUT2D eigenvalue weighted by molar-refractivity contribution is 7.90. The van der Waals surface area contributed by atoms with Gasteiger partial charge in [-0.05, 0) is 55.0 Å². The van der Waals surface area contributed by atoms with Gasteiger partial charge in [0.1, 0.15) is 16.7 Å². The maximum Gasteiger partial charge on any atom is 0.267 e. The molecule has 0 radical (unpaired) electrons. The molecule has 1 aliphatic rings. The fraction of sp³-hybridized carbons (Fsp3) is 0.360. The maximum absolute atomic E-state index is 14.4. The Kier molecular flexibility index (Phi) is 6.60. The molecule has 0 amide bonds. The van der Waals surface area contributed by atoms with Crippen molar-refractivity contribution in [2.45, 2.75) is 43.5 Å². The number of hydrogen-bond acceptors (Lipinski definition) is 5. The summed E-state index contributed by atoms with van der Waals surface area (Å²) in [5.74, 6) is -0.856. The zero-order valence-corrected chi connectivity index (χ0v) is 20.2. The van der Waals surface area contributed by atoms with Crippen LogP contribution in [0, 0.1) is 5.82 Å². The number of aromatic nitrogens is 2. The van der Waals surface area contributed by atoms with E-state index in [1.807, 2.05) is 25.2 Å². The van der Waals surface area contributed by atoms with Gasteiger partial charge in [-0.2, -0.15) is 5.10 Å². The summed E-state index contributed by atoms with van der Waals surface area (Å²) in [6, 6.07) is 15.4. The number of aliphatic hydroxyl groups is 1. The summed E-state index contributed by atoms with van der Waals surface area (Å²) < 4.78 is 52.8. The minimum atomic E-state index is -3.97. The zero-order valence-electron chi connectivity index (χ0n) is 19.3. The van der Waals surface area contributed by atoms with Crippen molar-refractivity contribution < 1.29 is 22.7 Å². The minimum Gasteiger partial charge on any atom is -0.472 e.